The maximum absolute atomic E-state index is 6.38. The van der Waals surface area contributed by atoms with E-state index in [0.717, 1.165) is 57.7 Å². The van der Waals surface area contributed by atoms with Gasteiger partial charge in [-0.05, 0) is 37.0 Å². The maximum atomic E-state index is 6.38. The van der Waals surface area contributed by atoms with Gasteiger partial charge in [0.15, 0.2) is 11.5 Å². The number of ether oxygens (including phenoxy) is 2. The molecule has 3 rings (SSSR count). The van der Waals surface area contributed by atoms with Crippen molar-refractivity contribution >= 4 is 11.6 Å². The van der Waals surface area contributed by atoms with E-state index in [1.54, 1.807) is 7.11 Å². The Bertz CT molecular complexity index is 485. The Hall–Kier alpha value is -0.970. The standard InChI is InChI=1S/C16H23ClN2O2/c1-20-15-11-12(4-7-19-8-5-18-6-9-19)10-14(17)16(15)21-13-2-3-13/h10-11,13,18H,2-9H2,1H3. The number of piperazine rings is 1. The van der Waals surface area contributed by atoms with Crippen LogP contribution in [0.5, 0.6) is 11.5 Å². The minimum absolute atomic E-state index is 0.322. The lowest BCUT2D eigenvalue weighted by Gasteiger charge is -2.27. The van der Waals surface area contributed by atoms with Crippen molar-refractivity contribution in [3.8, 4) is 11.5 Å². The molecule has 1 aromatic carbocycles. The van der Waals surface area contributed by atoms with Gasteiger partial charge in [-0.1, -0.05) is 11.6 Å². The fraction of sp³-hybridized carbons (Fsp3) is 0.625. The van der Waals surface area contributed by atoms with E-state index in [1.165, 1.54) is 5.56 Å². The molecular weight excluding hydrogens is 288 g/mol. The van der Waals surface area contributed by atoms with Crippen molar-refractivity contribution in [1.82, 2.24) is 10.2 Å². The van der Waals surface area contributed by atoms with E-state index in [-0.39, 0.29) is 0 Å². The highest BCUT2D eigenvalue weighted by atomic mass is 35.5. The third-order valence-corrected chi connectivity index (χ3v) is 4.31. The van der Waals surface area contributed by atoms with E-state index >= 15 is 0 Å². The molecule has 0 atom stereocenters. The highest BCUT2D eigenvalue weighted by Crippen LogP contribution is 2.40. The highest BCUT2D eigenvalue weighted by molar-refractivity contribution is 6.32. The van der Waals surface area contributed by atoms with Crippen LogP contribution >= 0.6 is 11.6 Å². The average Bonchev–Trinajstić information content (AvgIpc) is 3.32. The van der Waals surface area contributed by atoms with E-state index < -0.39 is 0 Å². The van der Waals surface area contributed by atoms with Crippen LogP contribution in [-0.4, -0.2) is 50.8 Å². The molecule has 1 aliphatic carbocycles. The summed E-state index contributed by atoms with van der Waals surface area (Å²) in [5.41, 5.74) is 1.21. The summed E-state index contributed by atoms with van der Waals surface area (Å²) in [7, 11) is 1.67. The molecule has 1 saturated heterocycles. The van der Waals surface area contributed by atoms with Crippen molar-refractivity contribution < 1.29 is 9.47 Å². The summed E-state index contributed by atoms with van der Waals surface area (Å²) in [5, 5.41) is 4.04. The molecule has 2 fully saturated rings. The fourth-order valence-corrected chi connectivity index (χ4v) is 2.88. The van der Waals surface area contributed by atoms with E-state index in [0.29, 0.717) is 16.9 Å². The monoisotopic (exact) mass is 310 g/mol. The van der Waals surface area contributed by atoms with Gasteiger partial charge in [-0.3, -0.25) is 0 Å². The second-order valence-corrected chi connectivity index (χ2v) is 6.18. The lowest BCUT2D eigenvalue weighted by Crippen LogP contribution is -2.44. The van der Waals surface area contributed by atoms with Crippen molar-refractivity contribution in [2.75, 3.05) is 39.8 Å². The molecule has 0 amide bonds. The number of hydrogen-bond donors (Lipinski definition) is 1. The molecule has 5 heteroatoms. The van der Waals surface area contributed by atoms with Gasteiger partial charge < -0.3 is 19.7 Å². The summed E-state index contributed by atoms with van der Waals surface area (Å²) < 4.78 is 11.3. The Balaban J connectivity index is 1.65. The Morgan fingerprint density at radius 2 is 2.05 bits per heavy atom. The first-order valence-corrected chi connectivity index (χ1v) is 8.10. The van der Waals surface area contributed by atoms with Crippen LogP contribution in [0.1, 0.15) is 18.4 Å². The Labute approximate surface area is 131 Å². The number of hydrogen-bond acceptors (Lipinski definition) is 4. The van der Waals surface area contributed by atoms with Crippen LogP contribution in [-0.2, 0) is 6.42 Å². The zero-order chi connectivity index (χ0) is 14.7. The molecule has 1 N–H and O–H groups in total. The topological polar surface area (TPSA) is 33.7 Å². The van der Waals surface area contributed by atoms with Gasteiger partial charge in [0, 0.05) is 32.7 Å². The van der Waals surface area contributed by atoms with Crippen molar-refractivity contribution in [2.24, 2.45) is 0 Å². The van der Waals surface area contributed by atoms with Crippen molar-refractivity contribution in [2.45, 2.75) is 25.4 Å². The molecule has 0 bridgehead atoms. The van der Waals surface area contributed by atoms with Crippen LogP contribution < -0.4 is 14.8 Å². The van der Waals surface area contributed by atoms with Gasteiger partial charge >= 0.3 is 0 Å². The zero-order valence-corrected chi connectivity index (χ0v) is 13.3. The molecule has 21 heavy (non-hydrogen) atoms. The lowest BCUT2D eigenvalue weighted by atomic mass is 10.1. The summed E-state index contributed by atoms with van der Waals surface area (Å²) in [6.45, 7) is 5.46. The summed E-state index contributed by atoms with van der Waals surface area (Å²) in [6, 6.07) is 4.08. The number of nitrogens with one attached hydrogen (secondary N) is 1. The van der Waals surface area contributed by atoms with Crippen LogP contribution in [0.4, 0.5) is 0 Å². The van der Waals surface area contributed by atoms with E-state index in [4.69, 9.17) is 21.1 Å². The van der Waals surface area contributed by atoms with Crippen molar-refractivity contribution in [1.29, 1.82) is 0 Å². The highest BCUT2D eigenvalue weighted by Gasteiger charge is 2.26. The summed E-state index contributed by atoms with van der Waals surface area (Å²) in [5.74, 6) is 1.46. The first kappa shape index (κ1) is 14.9. The van der Waals surface area contributed by atoms with Crippen LogP contribution in [0.25, 0.3) is 0 Å². The zero-order valence-electron chi connectivity index (χ0n) is 12.5. The van der Waals surface area contributed by atoms with Gasteiger partial charge in [0.25, 0.3) is 0 Å². The fourth-order valence-electron chi connectivity index (χ4n) is 2.61. The van der Waals surface area contributed by atoms with Gasteiger partial charge in [0.05, 0.1) is 18.2 Å². The van der Waals surface area contributed by atoms with Gasteiger partial charge in [-0.25, -0.2) is 0 Å². The van der Waals surface area contributed by atoms with Crippen LogP contribution in [0.3, 0.4) is 0 Å². The molecule has 0 aromatic heterocycles. The molecule has 1 heterocycles. The van der Waals surface area contributed by atoms with Crippen molar-refractivity contribution in [3.63, 3.8) is 0 Å². The van der Waals surface area contributed by atoms with Crippen LogP contribution in [0, 0.1) is 0 Å². The SMILES string of the molecule is COc1cc(CCN2CCNCC2)cc(Cl)c1OC1CC1. The second kappa shape index (κ2) is 6.86. The first-order valence-electron chi connectivity index (χ1n) is 7.72. The second-order valence-electron chi connectivity index (χ2n) is 5.77. The third kappa shape index (κ3) is 4.02. The average molecular weight is 311 g/mol. The number of benzene rings is 1. The summed E-state index contributed by atoms with van der Waals surface area (Å²) in [6.07, 6.45) is 3.54. The molecule has 0 unspecified atom stereocenters. The molecular formula is C16H23ClN2O2. The summed E-state index contributed by atoms with van der Waals surface area (Å²) in [4.78, 5) is 2.48. The molecule has 0 spiro atoms. The molecule has 116 valence electrons. The maximum Gasteiger partial charge on any atom is 0.180 e. The quantitative estimate of drug-likeness (QED) is 0.874. The Kier molecular flexibility index (Phi) is 4.88. The number of methoxy groups -OCH3 is 1. The van der Waals surface area contributed by atoms with Gasteiger partial charge in [0.1, 0.15) is 0 Å². The third-order valence-electron chi connectivity index (χ3n) is 4.02. The molecule has 1 aliphatic heterocycles. The van der Waals surface area contributed by atoms with Gasteiger partial charge in [-0.15, -0.1) is 0 Å². The lowest BCUT2D eigenvalue weighted by molar-refractivity contribution is 0.243. The largest absolute Gasteiger partial charge is 0.493 e. The van der Waals surface area contributed by atoms with Crippen molar-refractivity contribution in [3.05, 3.63) is 22.7 Å². The molecule has 2 aliphatic rings. The number of rotatable bonds is 6. The van der Waals surface area contributed by atoms with Gasteiger partial charge in [-0.2, -0.15) is 0 Å². The Morgan fingerprint density at radius 1 is 1.29 bits per heavy atom. The van der Waals surface area contributed by atoms with E-state index in [9.17, 15) is 0 Å². The molecule has 0 radical (unpaired) electrons. The molecule has 4 nitrogen and oxygen atoms in total. The molecule has 1 aromatic rings. The van der Waals surface area contributed by atoms with E-state index in [2.05, 4.69) is 16.3 Å². The van der Waals surface area contributed by atoms with Crippen LogP contribution in [0.2, 0.25) is 5.02 Å². The normalized spacial score (nSPS) is 19.5. The minimum Gasteiger partial charge on any atom is -0.493 e. The van der Waals surface area contributed by atoms with Gasteiger partial charge in [0.2, 0.25) is 0 Å². The van der Waals surface area contributed by atoms with E-state index in [1.807, 2.05) is 6.07 Å². The summed E-state index contributed by atoms with van der Waals surface area (Å²) >= 11 is 6.38. The Morgan fingerprint density at radius 3 is 2.71 bits per heavy atom. The van der Waals surface area contributed by atoms with Crippen LogP contribution in [0.15, 0.2) is 12.1 Å². The minimum atomic E-state index is 0.322. The predicted octanol–water partition coefficient (Wildman–Crippen LogP) is 2.34. The number of halogens is 1. The molecule has 1 saturated carbocycles. The first-order chi connectivity index (χ1) is 10.3. The predicted molar refractivity (Wildman–Crippen MR) is 84.7 cm³/mol. The number of nitrogens with zero attached hydrogens (tertiary/aromatic N) is 1. The smallest absolute Gasteiger partial charge is 0.180 e.